The fourth-order valence-electron chi connectivity index (χ4n) is 6.97. The maximum absolute atomic E-state index is 3.76. The number of hydrogen-bond acceptors (Lipinski definition) is 2. The van der Waals surface area contributed by atoms with Crippen molar-refractivity contribution < 1.29 is 0 Å². The molecule has 8 rings (SSSR count). The minimum atomic E-state index is -0.0950. The van der Waals surface area contributed by atoms with Crippen molar-refractivity contribution in [1.29, 1.82) is 0 Å². The van der Waals surface area contributed by atoms with Crippen molar-refractivity contribution >= 4 is 33.1 Å². The SMILES string of the molecule is CC1(C)c2ccccc2-c2ccc3c4ccccc4n(C4=CNC5C(=C4)NCC=C5c4ccccc4)c3c21. The van der Waals surface area contributed by atoms with E-state index in [-0.39, 0.29) is 11.5 Å². The van der Waals surface area contributed by atoms with Gasteiger partial charge in [0.25, 0.3) is 0 Å². The summed E-state index contributed by atoms with van der Waals surface area (Å²) in [6.07, 6.45) is 6.85. The zero-order valence-corrected chi connectivity index (χ0v) is 21.6. The van der Waals surface area contributed by atoms with Gasteiger partial charge in [-0.25, -0.2) is 0 Å². The number of para-hydroxylation sites is 1. The topological polar surface area (TPSA) is 29.0 Å². The molecule has 1 aliphatic carbocycles. The molecule has 0 bridgehead atoms. The number of nitrogens with zero attached hydrogens (tertiary/aromatic N) is 1. The second-order valence-electron chi connectivity index (χ2n) is 11.1. The van der Waals surface area contributed by atoms with Crippen LogP contribution in [0.4, 0.5) is 0 Å². The maximum Gasteiger partial charge on any atom is 0.0914 e. The minimum Gasteiger partial charge on any atom is -0.383 e. The predicted molar refractivity (Wildman–Crippen MR) is 159 cm³/mol. The van der Waals surface area contributed by atoms with Crippen LogP contribution in [-0.2, 0) is 5.41 Å². The summed E-state index contributed by atoms with van der Waals surface area (Å²) < 4.78 is 2.48. The maximum atomic E-state index is 3.76. The lowest BCUT2D eigenvalue weighted by molar-refractivity contribution is 0.663. The second kappa shape index (κ2) is 7.75. The zero-order chi connectivity index (χ0) is 25.4. The predicted octanol–water partition coefficient (Wildman–Crippen LogP) is 7.44. The molecule has 0 radical (unpaired) electrons. The van der Waals surface area contributed by atoms with Crippen LogP contribution < -0.4 is 10.6 Å². The molecule has 0 saturated carbocycles. The van der Waals surface area contributed by atoms with Crippen molar-refractivity contribution in [3.05, 3.63) is 132 Å². The van der Waals surface area contributed by atoms with Crippen molar-refractivity contribution in [3.63, 3.8) is 0 Å². The largest absolute Gasteiger partial charge is 0.383 e. The lowest BCUT2D eigenvalue weighted by atomic mass is 9.81. The Bertz CT molecular complexity index is 1860. The molecule has 2 N–H and O–H groups in total. The summed E-state index contributed by atoms with van der Waals surface area (Å²) >= 11 is 0. The molecule has 5 aromatic rings. The van der Waals surface area contributed by atoms with Gasteiger partial charge in [0.15, 0.2) is 0 Å². The highest BCUT2D eigenvalue weighted by Crippen LogP contribution is 2.53. The van der Waals surface area contributed by atoms with Crippen molar-refractivity contribution in [1.82, 2.24) is 15.2 Å². The molecule has 1 atom stereocenters. The van der Waals surface area contributed by atoms with Gasteiger partial charge in [-0.05, 0) is 45.5 Å². The fraction of sp³-hybridized carbons (Fsp3) is 0.143. The highest BCUT2D eigenvalue weighted by Gasteiger charge is 2.38. The number of aromatic nitrogens is 1. The van der Waals surface area contributed by atoms with Crippen LogP contribution in [0.2, 0.25) is 0 Å². The number of dihydropyridines is 1. The van der Waals surface area contributed by atoms with E-state index in [1.165, 1.54) is 60.9 Å². The molecule has 184 valence electrons. The first-order chi connectivity index (χ1) is 18.6. The average molecular weight is 492 g/mol. The van der Waals surface area contributed by atoms with Gasteiger partial charge in [-0.3, -0.25) is 0 Å². The molecule has 3 heteroatoms. The Kier molecular flexibility index (Phi) is 4.40. The number of hydrogen-bond donors (Lipinski definition) is 2. The van der Waals surface area contributed by atoms with E-state index in [4.69, 9.17) is 0 Å². The third-order valence-corrected chi connectivity index (χ3v) is 8.67. The van der Waals surface area contributed by atoms with E-state index in [2.05, 4.69) is 138 Å². The van der Waals surface area contributed by atoms with E-state index in [0.29, 0.717) is 0 Å². The van der Waals surface area contributed by atoms with Crippen LogP contribution in [0.5, 0.6) is 0 Å². The van der Waals surface area contributed by atoms with Gasteiger partial charge in [-0.15, -0.1) is 0 Å². The number of rotatable bonds is 2. The first kappa shape index (κ1) is 21.6. The van der Waals surface area contributed by atoms with Gasteiger partial charge in [-0.2, -0.15) is 0 Å². The third kappa shape index (κ3) is 2.84. The second-order valence-corrected chi connectivity index (χ2v) is 11.1. The number of fused-ring (bicyclic) bond motifs is 8. The lowest BCUT2D eigenvalue weighted by Gasteiger charge is -2.33. The summed E-state index contributed by atoms with van der Waals surface area (Å²) in [4.78, 5) is 0. The molecule has 1 unspecified atom stereocenters. The van der Waals surface area contributed by atoms with Crippen LogP contribution in [-0.4, -0.2) is 17.2 Å². The molecular weight excluding hydrogens is 462 g/mol. The summed E-state index contributed by atoms with van der Waals surface area (Å²) in [7, 11) is 0. The number of nitrogens with one attached hydrogen (secondary N) is 2. The van der Waals surface area contributed by atoms with Crippen LogP contribution in [0.1, 0.15) is 30.5 Å². The van der Waals surface area contributed by atoms with E-state index in [9.17, 15) is 0 Å². The van der Waals surface area contributed by atoms with Crippen molar-refractivity contribution in [2.24, 2.45) is 0 Å². The van der Waals surface area contributed by atoms with Gasteiger partial charge in [0.05, 0.1) is 22.8 Å². The van der Waals surface area contributed by atoms with Gasteiger partial charge >= 0.3 is 0 Å². The van der Waals surface area contributed by atoms with Gasteiger partial charge in [0.1, 0.15) is 0 Å². The Morgan fingerprint density at radius 3 is 2.47 bits per heavy atom. The van der Waals surface area contributed by atoms with E-state index in [0.717, 1.165) is 12.2 Å². The molecule has 2 aliphatic heterocycles. The summed E-state index contributed by atoms with van der Waals surface area (Å²) in [5.41, 5.74) is 12.9. The Labute approximate surface area is 222 Å². The van der Waals surface area contributed by atoms with Crippen LogP contribution >= 0.6 is 0 Å². The smallest absolute Gasteiger partial charge is 0.0914 e. The third-order valence-electron chi connectivity index (χ3n) is 8.67. The molecule has 3 nitrogen and oxygen atoms in total. The molecule has 38 heavy (non-hydrogen) atoms. The molecule has 0 fully saturated rings. The Balaban J connectivity index is 1.36. The minimum absolute atomic E-state index is 0.0950. The number of allylic oxidation sites excluding steroid dienone is 2. The summed E-state index contributed by atoms with van der Waals surface area (Å²) in [5.74, 6) is 0. The summed E-state index contributed by atoms with van der Waals surface area (Å²) in [6.45, 7) is 5.58. The molecular formula is C35H29N3. The quantitative estimate of drug-likeness (QED) is 0.269. The summed E-state index contributed by atoms with van der Waals surface area (Å²) in [6, 6.07) is 33.2. The summed E-state index contributed by atoms with van der Waals surface area (Å²) in [5, 5.41) is 10.0. The monoisotopic (exact) mass is 491 g/mol. The first-order valence-electron chi connectivity index (χ1n) is 13.5. The Hall–Kier alpha value is -4.50. The first-order valence-corrected chi connectivity index (χ1v) is 13.5. The zero-order valence-electron chi connectivity index (χ0n) is 21.6. The molecule has 3 heterocycles. The van der Waals surface area contributed by atoms with Crippen LogP contribution in [0, 0.1) is 0 Å². The van der Waals surface area contributed by atoms with Gasteiger partial charge < -0.3 is 15.2 Å². The van der Waals surface area contributed by atoms with E-state index in [1.807, 2.05) is 0 Å². The lowest BCUT2D eigenvalue weighted by Crippen LogP contribution is -2.40. The van der Waals surface area contributed by atoms with Crippen LogP contribution in [0.25, 0.3) is 44.2 Å². The Morgan fingerprint density at radius 1 is 0.789 bits per heavy atom. The van der Waals surface area contributed by atoms with Crippen LogP contribution in [0.3, 0.4) is 0 Å². The molecule has 1 aromatic heterocycles. The molecule has 0 amide bonds. The van der Waals surface area contributed by atoms with Gasteiger partial charge in [0.2, 0.25) is 0 Å². The van der Waals surface area contributed by atoms with E-state index < -0.39 is 0 Å². The normalized spacial score (nSPS) is 19.0. The van der Waals surface area contributed by atoms with Gasteiger partial charge in [0, 0.05) is 34.6 Å². The van der Waals surface area contributed by atoms with Crippen molar-refractivity contribution in [2.45, 2.75) is 25.3 Å². The van der Waals surface area contributed by atoms with Gasteiger partial charge in [-0.1, -0.05) is 105 Å². The van der Waals surface area contributed by atoms with Crippen molar-refractivity contribution in [2.75, 3.05) is 6.54 Å². The van der Waals surface area contributed by atoms with E-state index in [1.54, 1.807) is 0 Å². The fourth-order valence-corrected chi connectivity index (χ4v) is 6.97. The molecule has 3 aliphatic rings. The molecule has 0 saturated heterocycles. The van der Waals surface area contributed by atoms with E-state index >= 15 is 0 Å². The highest BCUT2D eigenvalue weighted by molar-refractivity contribution is 6.14. The van der Waals surface area contributed by atoms with Crippen LogP contribution in [0.15, 0.2) is 115 Å². The average Bonchev–Trinajstić information content (AvgIpc) is 3.42. The van der Waals surface area contributed by atoms with Crippen molar-refractivity contribution in [3.8, 4) is 11.1 Å². The number of benzene rings is 4. The molecule has 0 spiro atoms. The highest BCUT2D eigenvalue weighted by atomic mass is 15.1. The molecule has 4 aromatic carbocycles. The Morgan fingerprint density at radius 2 is 1.58 bits per heavy atom. The standard InChI is InChI=1S/C35H29N3/c1-35(2)29-14-8-6-12-25(29)27-16-17-28-26-13-7-9-15-31(26)38(34(28)32(27)35)23-20-30-33(37-21-23)24(18-19-36-30)22-10-4-3-5-11-22/h3-18,20-21,33,36-37H,19H2,1-2H3.